The Bertz CT molecular complexity index is 794. The van der Waals surface area contributed by atoms with E-state index < -0.39 is 5.97 Å². The lowest BCUT2D eigenvalue weighted by Gasteiger charge is -2.06. The van der Waals surface area contributed by atoms with Gasteiger partial charge in [0.1, 0.15) is 16.3 Å². The fourth-order valence-electron chi connectivity index (χ4n) is 2.17. The van der Waals surface area contributed by atoms with Crippen LogP contribution < -0.4 is 10.9 Å². The molecule has 0 radical (unpaired) electrons. The maximum absolute atomic E-state index is 12.5. The lowest BCUT2D eigenvalue weighted by Crippen LogP contribution is -2.32. The number of carbonyl (C=O) groups is 2. The number of hydrogen-bond donors (Lipinski definition) is 1. The van der Waals surface area contributed by atoms with E-state index in [2.05, 4.69) is 10.3 Å². The third-order valence-electron chi connectivity index (χ3n) is 3.45. The number of nitrogens with one attached hydrogen (secondary N) is 1. The Balaban J connectivity index is 2.32. The van der Waals surface area contributed by atoms with Crippen molar-refractivity contribution in [3.05, 3.63) is 27.1 Å². The third-order valence-corrected chi connectivity index (χ3v) is 4.63. The number of nitrogens with zero attached hydrogens (tertiary/aromatic N) is 2. The number of fused-ring (bicyclic) bond motifs is 1. The normalized spacial score (nSPS) is 10.7. The number of carbonyl (C=O) groups excluding carboxylic acids is 2. The van der Waals surface area contributed by atoms with E-state index in [-0.39, 0.29) is 18.0 Å². The van der Waals surface area contributed by atoms with E-state index in [4.69, 9.17) is 4.74 Å². The van der Waals surface area contributed by atoms with Gasteiger partial charge in [-0.1, -0.05) is 13.3 Å². The summed E-state index contributed by atoms with van der Waals surface area (Å²) in [5, 5.41) is 3.12. The van der Waals surface area contributed by atoms with Crippen LogP contribution in [0.4, 0.5) is 0 Å². The van der Waals surface area contributed by atoms with Crippen molar-refractivity contribution in [1.29, 1.82) is 0 Å². The smallest absolute Gasteiger partial charge is 0.348 e. The second kappa shape index (κ2) is 7.36. The van der Waals surface area contributed by atoms with E-state index in [9.17, 15) is 14.4 Å². The highest BCUT2D eigenvalue weighted by molar-refractivity contribution is 7.20. The van der Waals surface area contributed by atoms with Gasteiger partial charge >= 0.3 is 5.97 Å². The second-order valence-electron chi connectivity index (χ2n) is 5.11. The van der Waals surface area contributed by atoms with Crippen LogP contribution in [0.15, 0.2) is 11.1 Å². The molecule has 0 aliphatic heterocycles. The zero-order chi connectivity index (χ0) is 17.0. The van der Waals surface area contributed by atoms with E-state index in [1.165, 1.54) is 18.0 Å². The van der Waals surface area contributed by atoms with Gasteiger partial charge in [-0.25, -0.2) is 9.78 Å². The number of rotatable bonds is 6. The number of methoxy groups -OCH3 is 1. The van der Waals surface area contributed by atoms with E-state index in [1.807, 2.05) is 6.92 Å². The zero-order valence-corrected chi connectivity index (χ0v) is 14.2. The van der Waals surface area contributed by atoms with Crippen LogP contribution in [-0.4, -0.2) is 35.1 Å². The molecular weight excluding hydrogens is 318 g/mol. The molecule has 2 heterocycles. The number of aromatic nitrogens is 2. The lowest BCUT2D eigenvalue weighted by atomic mass is 10.2. The first-order valence-electron chi connectivity index (χ1n) is 7.33. The molecule has 0 aliphatic rings. The molecule has 2 aromatic heterocycles. The van der Waals surface area contributed by atoms with Gasteiger partial charge in [-0.3, -0.25) is 14.2 Å². The SMILES string of the molecule is CCCCNC(=O)Cn1cnc2sc(C(=O)OC)c(C)c2c1=O. The van der Waals surface area contributed by atoms with Gasteiger partial charge in [0.15, 0.2) is 0 Å². The topological polar surface area (TPSA) is 90.3 Å². The van der Waals surface area contributed by atoms with Crippen LogP contribution in [0.2, 0.25) is 0 Å². The molecule has 0 unspecified atom stereocenters. The first kappa shape index (κ1) is 17.1. The molecule has 124 valence electrons. The van der Waals surface area contributed by atoms with Crippen molar-refractivity contribution in [1.82, 2.24) is 14.9 Å². The summed E-state index contributed by atoms with van der Waals surface area (Å²) in [5.41, 5.74) is 0.208. The number of amides is 1. The summed E-state index contributed by atoms with van der Waals surface area (Å²) in [7, 11) is 1.29. The summed E-state index contributed by atoms with van der Waals surface area (Å²) in [4.78, 5) is 41.1. The zero-order valence-electron chi connectivity index (χ0n) is 13.3. The van der Waals surface area contributed by atoms with Crippen molar-refractivity contribution in [3.63, 3.8) is 0 Å². The van der Waals surface area contributed by atoms with Gasteiger partial charge in [0.05, 0.1) is 18.8 Å². The van der Waals surface area contributed by atoms with Gasteiger partial charge in [-0.15, -0.1) is 11.3 Å². The summed E-state index contributed by atoms with van der Waals surface area (Å²) < 4.78 is 5.96. The van der Waals surface area contributed by atoms with Gasteiger partial charge in [0, 0.05) is 6.54 Å². The molecule has 2 rings (SSSR count). The van der Waals surface area contributed by atoms with Crippen LogP contribution in [0.25, 0.3) is 10.2 Å². The van der Waals surface area contributed by atoms with Gasteiger partial charge in [-0.2, -0.15) is 0 Å². The van der Waals surface area contributed by atoms with Crippen molar-refractivity contribution >= 4 is 33.4 Å². The molecule has 0 atom stereocenters. The Hall–Kier alpha value is -2.22. The Kier molecular flexibility index (Phi) is 5.49. The molecule has 2 aromatic rings. The highest BCUT2D eigenvalue weighted by Crippen LogP contribution is 2.27. The van der Waals surface area contributed by atoms with Crippen LogP contribution in [0.5, 0.6) is 0 Å². The Morgan fingerprint density at radius 2 is 2.17 bits per heavy atom. The maximum atomic E-state index is 12.5. The summed E-state index contributed by atoms with van der Waals surface area (Å²) in [6.45, 7) is 4.21. The molecule has 0 aromatic carbocycles. The minimum absolute atomic E-state index is 0.0890. The summed E-state index contributed by atoms with van der Waals surface area (Å²) in [6.07, 6.45) is 3.21. The molecular formula is C15H19N3O4S. The van der Waals surface area contributed by atoms with E-state index in [1.54, 1.807) is 6.92 Å². The molecule has 1 amide bonds. The molecule has 0 saturated carbocycles. The van der Waals surface area contributed by atoms with Crippen LogP contribution in [-0.2, 0) is 16.1 Å². The predicted octanol–water partition coefficient (Wildman–Crippen LogP) is 1.47. The molecule has 7 nitrogen and oxygen atoms in total. The molecule has 1 N–H and O–H groups in total. The van der Waals surface area contributed by atoms with Crippen LogP contribution >= 0.6 is 11.3 Å². The van der Waals surface area contributed by atoms with Crippen LogP contribution in [0.3, 0.4) is 0 Å². The predicted molar refractivity (Wildman–Crippen MR) is 87.9 cm³/mol. The van der Waals surface area contributed by atoms with Crippen molar-refractivity contribution in [2.45, 2.75) is 33.2 Å². The molecule has 0 saturated heterocycles. The third kappa shape index (κ3) is 3.58. The van der Waals surface area contributed by atoms with Crippen molar-refractivity contribution in [3.8, 4) is 0 Å². The Morgan fingerprint density at radius 1 is 1.43 bits per heavy atom. The first-order chi connectivity index (χ1) is 11.0. The maximum Gasteiger partial charge on any atom is 0.348 e. The minimum Gasteiger partial charge on any atom is -0.465 e. The van der Waals surface area contributed by atoms with Gasteiger partial charge < -0.3 is 10.1 Å². The number of hydrogen-bond acceptors (Lipinski definition) is 6. The van der Waals surface area contributed by atoms with Gasteiger partial charge in [0.25, 0.3) is 5.56 Å². The average molecular weight is 337 g/mol. The number of ether oxygens (including phenoxy) is 1. The molecule has 0 bridgehead atoms. The molecule has 0 fully saturated rings. The van der Waals surface area contributed by atoms with E-state index in [0.29, 0.717) is 27.2 Å². The molecule has 0 aliphatic carbocycles. The van der Waals surface area contributed by atoms with Crippen molar-refractivity contribution < 1.29 is 14.3 Å². The molecule has 8 heteroatoms. The van der Waals surface area contributed by atoms with Crippen LogP contribution in [0.1, 0.15) is 35.0 Å². The standard InChI is InChI=1S/C15H19N3O4S/c1-4-5-6-16-10(19)7-18-8-17-13-11(14(18)20)9(2)12(23-13)15(21)22-3/h8H,4-7H2,1-3H3,(H,16,19). The largest absolute Gasteiger partial charge is 0.465 e. The van der Waals surface area contributed by atoms with E-state index >= 15 is 0 Å². The number of unbranched alkanes of at least 4 members (excludes halogenated alkanes) is 1. The molecule has 23 heavy (non-hydrogen) atoms. The Morgan fingerprint density at radius 3 is 2.83 bits per heavy atom. The van der Waals surface area contributed by atoms with Crippen LogP contribution in [0, 0.1) is 6.92 Å². The number of esters is 1. The highest BCUT2D eigenvalue weighted by atomic mass is 32.1. The lowest BCUT2D eigenvalue weighted by molar-refractivity contribution is -0.121. The van der Waals surface area contributed by atoms with Gasteiger partial charge in [-0.05, 0) is 18.9 Å². The van der Waals surface area contributed by atoms with E-state index in [0.717, 1.165) is 24.2 Å². The number of aryl methyl sites for hydroxylation is 1. The second-order valence-corrected chi connectivity index (χ2v) is 6.11. The monoisotopic (exact) mass is 337 g/mol. The highest BCUT2D eigenvalue weighted by Gasteiger charge is 2.20. The average Bonchev–Trinajstić information content (AvgIpc) is 2.87. The summed E-state index contributed by atoms with van der Waals surface area (Å²) in [5.74, 6) is -0.725. The first-order valence-corrected chi connectivity index (χ1v) is 8.14. The summed E-state index contributed by atoms with van der Waals surface area (Å²) in [6, 6.07) is 0. The fraction of sp³-hybridized carbons (Fsp3) is 0.467. The van der Waals surface area contributed by atoms with Crippen molar-refractivity contribution in [2.75, 3.05) is 13.7 Å². The van der Waals surface area contributed by atoms with Crippen molar-refractivity contribution in [2.24, 2.45) is 0 Å². The van der Waals surface area contributed by atoms with Gasteiger partial charge in [0.2, 0.25) is 5.91 Å². The fourth-order valence-corrected chi connectivity index (χ4v) is 3.23. The quantitative estimate of drug-likeness (QED) is 0.637. The minimum atomic E-state index is -0.492. The summed E-state index contributed by atoms with van der Waals surface area (Å²) >= 11 is 1.12. The Labute approximate surface area is 137 Å². The molecule has 0 spiro atoms. The number of thiophene rings is 1.